The van der Waals surface area contributed by atoms with E-state index >= 15 is 0 Å². The summed E-state index contributed by atoms with van der Waals surface area (Å²) in [7, 11) is 2.06. The minimum atomic E-state index is -0.185. The van der Waals surface area contributed by atoms with E-state index in [1.165, 1.54) is 38.3 Å². The molecule has 0 bridgehead atoms. The van der Waals surface area contributed by atoms with Gasteiger partial charge in [-0.2, -0.15) is 0 Å². The highest BCUT2D eigenvalue weighted by atomic mass is 31.1. The second-order valence-corrected chi connectivity index (χ2v) is 16.1. The number of hydrogen-bond donors (Lipinski definition) is 0. The third kappa shape index (κ3) is 5.67. The molecule has 2 aliphatic rings. The van der Waals surface area contributed by atoms with Crippen LogP contribution in [-0.4, -0.2) is 24.5 Å². The van der Waals surface area contributed by atoms with Crippen LogP contribution in [0, 0.1) is 0 Å². The van der Waals surface area contributed by atoms with Gasteiger partial charge in [-0.3, -0.25) is 4.90 Å². The van der Waals surface area contributed by atoms with Crippen LogP contribution in [0.1, 0.15) is 70.6 Å². The average molecular weight is 536 g/mol. The van der Waals surface area contributed by atoms with E-state index in [4.69, 9.17) is 0 Å². The van der Waals surface area contributed by atoms with Gasteiger partial charge < -0.3 is 0 Å². The molecule has 2 saturated heterocycles. The number of benzene rings is 4. The second-order valence-electron chi connectivity index (χ2n) is 11.0. The molecule has 4 aromatic carbocycles. The molecule has 4 aromatic rings. The fourth-order valence-electron chi connectivity index (χ4n) is 6.86. The fourth-order valence-corrected chi connectivity index (χ4v) is 14.1. The Morgan fingerprint density at radius 2 is 0.684 bits per heavy atom. The molecule has 0 aromatic heterocycles. The van der Waals surface area contributed by atoms with Gasteiger partial charge in [-0.25, -0.2) is 0 Å². The standard InChI is InChI=1S/C35H39NP2/c1-36(26-37-32(28-14-6-2-7-15-28)22-23-33(37)29-16-8-3-9-17-29)27-38-34(30-18-10-4-11-19-30)24-25-35(38)31-20-12-5-13-21-31/h2-21,32-35H,22-27H2,1H3/t32-,33-,34-,35-/m0/s1. The molecule has 0 saturated carbocycles. The second kappa shape index (κ2) is 12.3. The zero-order valence-corrected chi connectivity index (χ0v) is 24.2. The summed E-state index contributed by atoms with van der Waals surface area (Å²) in [6.45, 7) is 0. The van der Waals surface area contributed by atoms with Gasteiger partial charge >= 0.3 is 0 Å². The van der Waals surface area contributed by atoms with Crippen LogP contribution in [0.5, 0.6) is 0 Å². The van der Waals surface area contributed by atoms with Gasteiger partial charge in [-0.05, 0) is 55.0 Å². The molecule has 0 spiro atoms. The van der Waals surface area contributed by atoms with E-state index in [0.717, 1.165) is 0 Å². The Morgan fingerprint density at radius 1 is 0.447 bits per heavy atom. The predicted octanol–water partition coefficient (Wildman–Crippen LogP) is 10.3. The molecule has 4 atom stereocenters. The molecule has 2 fully saturated rings. The predicted molar refractivity (Wildman–Crippen MR) is 167 cm³/mol. The van der Waals surface area contributed by atoms with E-state index in [9.17, 15) is 0 Å². The van der Waals surface area contributed by atoms with Gasteiger partial charge in [0.15, 0.2) is 0 Å². The van der Waals surface area contributed by atoms with Crippen LogP contribution < -0.4 is 0 Å². The number of hydrogen-bond acceptors (Lipinski definition) is 1. The third-order valence-corrected chi connectivity index (χ3v) is 15.6. The van der Waals surface area contributed by atoms with Crippen molar-refractivity contribution < 1.29 is 0 Å². The summed E-state index contributed by atoms with van der Waals surface area (Å²) in [6, 6.07) is 45.6. The van der Waals surface area contributed by atoms with Crippen molar-refractivity contribution in [1.82, 2.24) is 4.90 Å². The van der Waals surface area contributed by atoms with E-state index < -0.39 is 0 Å². The van der Waals surface area contributed by atoms with E-state index in [2.05, 4.69) is 133 Å². The Morgan fingerprint density at radius 3 is 0.921 bits per heavy atom. The van der Waals surface area contributed by atoms with Crippen LogP contribution in [0.3, 0.4) is 0 Å². The average Bonchev–Trinajstić information content (AvgIpc) is 3.59. The lowest BCUT2D eigenvalue weighted by Gasteiger charge is -2.35. The molecule has 0 unspecified atom stereocenters. The summed E-state index contributed by atoms with van der Waals surface area (Å²) in [5, 5.41) is 0. The molecule has 2 aliphatic heterocycles. The van der Waals surface area contributed by atoms with Gasteiger partial charge in [-0.15, -0.1) is 0 Å². The highest BCUT2D eigenvalue weighted by molar-refractivity contribution is 7.59. The highest BCUT2D eigenvalue weighted by Crippen LogP contribution is 2.73. The van der Waals surface area contributed by atoms with Crippen molar-refractivity contribution in [2.75, 3.05) is 19.6 Å². The van der Waals surface area contributed by atoms with Crippen molar-refractivity contribution in [1.29, 1.82) is 0 Å². The first-order chi connectivity index (χ1) is 18.8. The fraction of sp³-hybridized carbons (Fsp3) is 0.314. The summed E-state index contributed by atoms with van der Waals surface area (Å²) in [5.41, 5.74) is 9.02. The van der Waals surface area contributed by atoms with Crippen LogP contribution in [0.15, 0.2) is 121 Å². The summed E-state index contributed by atoms with van der Waals surface area (Å²) in [4.78, 5) is 2.76. The van der Waals surface area contributed by atoms with Crippen molar-refractivity contribution in [3.05, 3.63) is 144 Å². The van der Waals surface area contributed by atoms with Crippen LogP contribution in [-0.2, 0) is 0 Å². The maximum absolute atomic E-state index is 2.76. The molecule has 3 heteroatoms. The monoisotopic (exact) mass is 535 g/mol. The van der Waals surface area contributed by atoms with Gasteiger partial charge in [0.05, 0.1) is 0 Å². The zero-order chi connectivity index (χ0) is 25.7. The number of nitrogens with zero attached hydrogens (tertiary/aromatic N) is 1. The van der Waals surface area contributed by atoms with Gasteiger partial charge in [0.1, 0.15) is 0 Å². The molecule has 194 valence electrons. The topological polar surface area (TPSA) is 3.24 Å². The highest BCUT2D eigenvalue weighted by Gasteiger charge is 2.40. The molecule has 0 amide bonds. The molecule has 6 rings (SSSR count). The molecular formula is C35H39NP2. The van der Waals surface area contributed by atoms with Gasteiger partial charge in [0.25, 0.3) is 0 Å². The molecule has 1 nitrogen and oxygen atoms in total. The lowest BCUT2D eigenvalue weighted by atomic mass is 10.0. The normalized spacial score (nSPS) is 24.3. The van der Waals surface area contributed by atoms with Crippen molar-refractivity contribution in [2.45, 2.75) is 48.3 Å². The van der Waals surface area contributed by atoms with E-state index in [0.29, 0.717) is 22.6 Å². The smallest absolute Gasteiger partial charge is 0.0195 e. The molecule has 0 aliphatic carbocycles. The minimum Gasteiger partial charge on any atom is -0.298 e. The largest absolute Gasteiger partial charge is 0.298 e. The van der Waals surface area contributed by atoms with Crippen LogP contribution in [0.25, 0.3) is 0 Å². The van der Waals surface area contributed by atoms with Crippen molar-refractivity contribution in [3.63, 3.8) is 0 Å². The van der Waals surface area contributed by atoms with Crippen LogP contribution in [0.2, 0.25) is 0 Å². The summed E-state index contributed by atoms with van der Waals surface area (Å²) < 4.78 is 0. The van der Waals surface area contributed by atoms with Crippen LogP contribution in [0.4, 0.5) is 0 Å². The Hall–Kier alpha value is -2.30. The Labute approximate surface area is 231 Å². The van der Waals surface area contributed by atoms with Gasteiger partial charge in [0, 0.05) is 35.2 Å². The maximum atomic E-state index is 2.76. The molecule has 38 heavy (non-hydrogen) atoms. The molecule has 0 N–H and O–H groups in total. The summed E-state index contributed by atoms with van der Waals surface area (Å²) in [5.74, 6) is 0. The van der Waals surface area contributed by atoms with Gasteiger partial charge in [-0.1, -0.05) is 137 Å². The Balaban J connectivity index is 1.26. The first-order valence-corrected chi connectivity index (χ1v) is 17.5. The van der Waals surface area contributed by atoms with Crippen LogP contribution >= 0.6 is 15.8 Å². The molecular weight excluding hydrogens is 496 g/mol. The summed E-state index contributed by atoms with van der Waals surface area (Å²) in [6.07, 6.45) is 7.73. The SMILES string of the molecule is CN(CP1[C@H](c2ccccc2)CC[C@H]1c1ccccc1)CP1[C@H](c2ccccc2)CC[C@H]1c1ccccc1. The minimum absolute atomic E-state index is 0.185. The quantitative estimate of drug-likeness (QED) is 0.203. The van der Waals surface area contributed by atoms with E-state index in [-0.39, 0.29) is 15.8 Å². The van der Waals surface area contributed by atoms with E-state index in [1.54, 1.807) is 22.3 Å². The molecule has 0 radical (unpaired) electrons. The van der Waals surface area contributed by atoms with E-state index in [1.807, 2.05) is 0 Å². The lowest BCUT2D eigenvalue weighted by molar-refractivity contribution is 0.454. The molecule has 2 heterocycles. The summed E-state index contributed by atoms with van der Waals surface area (Å²) >= 11 is 0. The Kier molecular flexibility index (Phi) is 8.37. The Bertz CT molecular complexity index is 1070. The lowest BCUT2D eigenvalue weighted by Crippen LogP contribution is -2.22. The van der Waals surface area contributed by atoms with Crippen molar-refractivity contribution >= 4 is 15.8 Å². The van der Waals surface area contributed by atoms with Crippen molar-refractivity contribution in [3.8, 4) is 0 Å². The number of rotatable bonds is 8. The zero-order valence-electron chi connectivity index (χ0n) is 22.4. The first kappa shape index (κ1) is 26.0. The van der Waals surface area contributed by atoms with Crippen molar-refractivity contribution in [2.24, 2.45) is 0 Å². The third-order valence-electron chi connectivity index (χ3n) is 8.58. The van der Waals surface area contributed by atoms with Gasteiger partial charge in [0.2, 0.25) is 0 Å². The maximum Gasteiger partial charge on any atom is 0.0195 e. The first-order valence-electron chi connectivity index (χ1n) is 14.2.